The van der Waals surface area contributed by atoms with Crippen LogP contribution >= 0.6 is 0 Å². The van der Waals surface area contributed by atoms with Crippen molar-refractivity contribution in [2.75, 3.05) is 6.54 Å². The minimum Gasteiger partial charge on any atom is -0.465 e. The molecule has 0 aliphatic rings. The molecule has 0 heterocycles. The van der Waals surface area contributed by atoms with E-state index >= 15 is 0 Å². The van der Waals surface area contributed by atoms with E-state index in [2.05, 4.69) is 5.32 Å². The van der Waals surface area contributed by atoms with E-state index in [1.807, 2.05) is 0 Å². The second-order valence-electron chi connectivity index (χ2n) is 3.18. The molecule has 16 heavy (non-hydrogen) atoms. The molecule has 1 aromatic rings. The number of benzene rings is 1. The topological polar surface area (TPSA) is 49.3 Å². The van der Waals surface area contributed by atoms with Gasteiger partial charge in [0.05, 0.1) is 5.56 Å². The summed E-state index contributed by atoms with van der Waals surface area (Å²) in [5.41, 5.74) is -0.274. The van der Waals surface area contributed by atoms with E-state index < -0.39 is 17.8 Å². The fraction of sp³-hybridized carbons (Fsp3) is 0.300. The minimum atomic E-state index is -4.36. The van der Waals surface area contributed by atoms with Gasteiger partial charge in [0.2, 0.25) is 0 Å². The average Bonchev–Trinajstić information content (AvgIpc) is 2.16. The van der Waals surface area contributed by atoms with Crippen molar-refractivity contribution in [3.8, 4) is 0 Å². The largest absolute Gasteiger partial charge is 0.465 e. The molecule has 0 bridgehead atoms. The Labute approximate surface area is 89.9 Å². The highest BCUT2D eigenvalue weighted by molar-refractivity contribution is 5.64. The van der Waals surface area contributed by atoms with Crippen LogP contribution in [0.25, 0.3) is 0 Å². The second kappa shape index (κ2) is 4.87. The molecular weight excluding hydrogens is 223 g/mol. The molecule has 0 fully saturated rings. The smallest absolute Gasteiger partial charge is 0.416 e. The predicted octanol–water partition coefficient (Wildman–Crippen LogP) is 2.52. The molecule has 1 amide bonds. The van der Waals surface area contributed by atoms with Gasteiger partial charge in [0.25, 0.3) is 0 Å². The Morgan fingerprint density at radius 2 is 2.06 bits per heavy atom. The first-order valence-corrected chi connectivity index (χ1v) is 4.52. The van der Waals surface area contributed by atoms with Crippen LogP contribution in [0.15, 0.2) is 24.3 Å². The molecule has 0 aliphatic heterocycles. The molecule has 1 aromatic carbocycles. The summed E-state index contributed by atoms with van der Waals surface area (Å²) in [4.78, 5) is 10.1. The van der Waals surface area contributed by atoms with E-state index in [0.29, 0.717) is 5.56 Å². The predicted molar refractivity (Wildman–Crippen MR) is 51.2 cm³/mol. The Bertz CT molecular complexity index is 377. The molecule has 88 valence electrons. The van der Waals surface area contributed by atoms with Gasteiger partial charge in [-0.05, 0) is 18.1 Å². The number of nitrogens with one attached hydrogen (secondary N) is 1. The Morgan fingerprint density at radius 1 is 1.38 bits per heavy atom. The lowest BCUT2D eigenvalue weighted by molar-refractivity contribution is -0.137. The molecule has 0 unspecified atom stereocenters. The number of hydrogen-bond acceptors (Lipinski definition) is 1. The van der Waals surface area contributed by atoms with E-state index in [4.69, 9.17) is 5.11 Å². The summed E-state index contributed by atoms with van der Waals surface area (Å²) in [6.45, 7) is 0.0939. The number of carbonyl (C=O) groups is 1. The summed E-state index contributed by atoms with van der Waals surface area (Å²) in [6.07, 6.45) is -5.32. The zero-order chi connectivity index (χ0) is 12.2. The molecule has 2 N–H and O–H groups in total. The van der Waals surface area contributed by atoms with Gasteiger partial charge in [0, 0.05) is 6.54 Å². The van der Waals surface area contributed by atoms with Crippen LogP contribution in [-0.2, 0) is 12.6 Å². The van der Waals surface area contributed by atoms with E-state index in [-0.39, 0.29) is 13.0 Å². The first-order chi connectivity index (χ1) is 7.39. The highest BCUT2D eigenvalue weighted by atomic mass is 19.4. The summed E-state index contributed by atoms with van der Waals surface area (Å²) in [5.74, 6) is 0. The monoisotopic (exact) mass is 233 g/mol. The zero-order valence-electron chi connectivity index (χ0n) is 8.21. The molecule has 0 radical (unpaired) electrons. The van der Waals surface area contributed by atoms with Gasteiger partial charge in [-0.2, -0.15) is 13.2 Å². The Hall–Kier alpha value is -1.72. The fourth-order valence-electron chi connectivity index (χ4n) is 1.22. The summed E-state index contributed by atoms with van der Waals surface area (Å²) in [6, 6.07) is 4.83. The van der Waals surface area contributed by atoms with Gasteiger partial charge < -0.3 is 10.4 Å². The SMILES string of the molecule is O=C(O)NCCc1cccc(C(F)(F)F)c1. The highest BCUT2D eigenvalue weighted by Crippen LogP contribution is 2.29. The van der Waals surface area contributed by atoms with Gasteiger partial charge in [0.1, 0.15) is 0 Å². The van der Waals surface area contributed by atoms with Crippen molar-refractivity contribution < 1.29 is 23.1 Å². The Morgan fingerprint density at radius 3 is 2.62 bits per heavy atom. The van der Waals surface area contributed by atoms with Crippen molar-refractivity contribution in [3.63, 3.8) is 0 Å². The molecule has 0 aliphatic carbocycles. The highest BCUT2D eigenvalue weighted by Gasteiger charge is 2.30. The van der Waals surface area contributed by atoms with Crippen LogP contribution in [0, 0.1) is 0 Å². The summed E-state index contributed by atoms with van der Waals surface area (Å²) in [7, 11) is 0. The molecule has 6 heteroatoms. The standard InChI is InChI=1S/C10H10F3NO2/c11-10(12,13)8-3-1-2-7(6-8)4-5-14-9(15)16/h1-3,6,14H,4-5H2,(H,15,16). The van der Waals surface area contributed by atoms with Gasteiger partial charge in [-0.3, -0.25) is 0 Å². The summed E-state index contributed by atoms with van der Waals surface area (Å²) >= 11 is 0. The van der Waals surface area contributed by atoms with Gasteiger partial charge in [-0.15, -0.1) is 0 Å². The number of alkyl halides is 3. The van der Waals surface area contributed by atoms with Crippen LogP contribution in [0.2, 0.25) is 0 Å². The number of rotatable bonds is 3. The third-order valence-corrected chi connectivity index (χ3v) is 1.94. The maximum Gasteiger partial charge on any atom is 0.416 e. The van der Waals surface area contributed by atoms with E-state index in [9.17, 15) is 18.0 Å². The van der Waals surface area contributed by atoms with Crippen molar-refractivity contribution >= 4 is 6.09 Å². The molecule has 3 nitrogen and oxygen atoms in total. The third-order valence-electron chi connectivity index (χ3n) is 1.94. The average molecular weight is 233 g/mol. The number of amides is 1. The van der Waals surface area contributed by atoms with Gasteiger partial charge in [-0.1, -0.05) is 18.2 Å². The van der Waals surface area contributed by atoms with Crippen LogP contribution in [0.3, 0.4) is 0 Å². The minimum absolute atomic E-state index is 0.0939. The second-order valence-corrected chi connectivity index (χ2v) is 3.18. The van der Waals surface area contributed by atoms with Crippen LogP contribution in [-0.4, -0.2) is 17.7 Å². The maximum atomic E-state index is 12.3. The molecule has 0 saturated heterocycles. The lowest BCUT2D eigenvalue weighted by atomic mass is 10.1. The van der Waals surface area contributed by atoms with E-state index in [0.717, 1.165) is 12.1 Å². The molecule has 1 rings (SSSR count). The quantitative estimate of drug-likeness (QED) is 0.842. The van der Waals surface area contributed by atoms with Crippen molar-refractivity contribution in [1.82, 2.24) is 5.32 Å². The lowest BCUT2D eigenvalue weighted by Gasteiger charge is -2.08. The molecular formula is C10H10F3NO2. The van der Waals surface area contributed by atoms with Crippen LogP contribution in [0.5, 0.6) is 0 Å². The Kier molecular flexibility index (Phi) is 3.76. The van der Waals surface area contributed by atoms with Crippen LogP contribution in [0.1, 0.15) is 11.1 Å². The van der Waals surface area contributed by atoms with Crippen LogP contribution in [0.4, 0.5) is 18.0 Å². The number of hydrogen-bond donors (Lipinski definition) is 2. The maximum absolute atomic E-state index is 12.3. The fourth-order valence-corrected chi connectivity index (χ4v) is 1.22. The number of carboxylic acid groups (broad SMARTS) is 1. The van der Waals surface area contributed by atoms with Crippen LogP contribution < -0.4 is 5.32 Å². The van der Waals surface area contributed by atoms with E-state index in [1.54, 1.807) is 0 Å². The first-order valence-electron chi connectivity index (χ1n) is 4.52. The Balaban J connectivity index is 2.64. The molecule has 0 saturated carbocycles. The molecule has 0 atom stereocenters. The van der Waals surface area contributed by atoms with Crippen molar-refractivity contribution in [2.45, 2.75) is 12.6 Å². The van der Waals surface area contributed by atoms with Gasteiger partial charge >= 0.3 is 12.3 Å². The van der Waals surface area contributed by atoms with E-state index in [1.165, 1.54) is 12.1 Å². The lowest BCUT2D eigenvalue weighted by Crippen LogP contribution is -2.23. The summed E-state index contributed by atoms with van der Waals surface area (Å²) in [5, 5.41) is 10.4. The third kappa shape index (κ3) is 3.80. The van der Waals surface area contributed by atoms with Gasteiger partial charge in [0.15, 0.2) is 0 Å². The van der Waals surface area contributed by atoms with Crippen molar-refractivity contribution in [1.29, 1.82) is 0 Å². The zero-order valence-corrected chi connectivity index (χ0v) is 8.21. The van der Waals surface area contributed by atoms with Gasteiger partial charge in [-0.25, -0.2) is 4.79 Å². The molecule has 0 spiro atoms. The summed E-state index contributed by atoms with van der Waals surface area (Å²) < 4.78 is 36.9. The van der Waals surface area contributed by atoms with Crippen molar-refractivity contribution in [3.05, 3.63) is 35.4 Å². The first kappa shape index (κ1) is 12.4. The van der Waals surface area contributed by atoms with Crippen molar-refractivity contribution in [2.24, 2.45) is 0 Å². The normalized spacial score (nSPS) is 11.2. The molecule has 0 aromatic heterocycles. The number of halogens is 3.